The molecule has 0 heterocycles. The summed E-state index contributed by atoms with van der Waals surface area (Å²) in [5.41, 5.74) is 0.401. The van der Waals surface area contributed by atoms with Crippen molar-refractivity contribution in [3.05, 3.63) is 23.8 Å². The van der Waals surface area contributed by atoms with Crippen molar-refractivity contribution in [2.75, 3.05) is 27.9 Å². The minimum Gasteiger partial charge on any atom is -0.493 e. The van der Waals surface area contributed by atoms with Crippen LogP contribution in [0, 0.1) is 0 Å². The maximum absolute atomic E-state index is 12.9. The number of esters is 1. The number of hydrogen-bond donors (Lipinski definition) is 2. The van der Waals surface area contributed by atoms with Crippen LogP contribution < -0.4 is 19.5 Å². The van der Waals surface area contributed by atoms with Gasteiger partial charge in [0, 0.05) is 25.1 Å². The second-order valence-corrected chi connectivity index (χ2v) is 8.90. The molecule has 0 saturated heterocycles. The average molecular weight is 455 g/mol. The first-order chi connectivity index (χ1) is 14.8. The Hall–Kier alpha value is -2.59. The van der Waals surface area contributed by atoms with Gasteiger partial charge < -0.3 is 19.5 Å². The van der Waals surface area contributed by atoms with E-state index in [1.165, 1.54) is 52.0 Å². The highest BCUT2D eigenvalue weighted by molar-refractivity contribution is 7.89. The molecule has 1 aliphatic carbocycles. The Morgan fingerprint density at radius 2 is 1.81 bits per heavy atom. The molecule has 1 amide bonds. The summed E-state index contributed by atoms with van der Waals surface area (Å²) in [7, 11) is -0.0627. The van der Waals surface area contributed by atoms with Crippen molar-refractivity contribution in [2.24, 2.45) is 0 Å². The molecule has 1 saturated carbocycles. The van der Waals surface area contributed by atoms with Gasteiger partial charge in [0.25, 0.3) is 0 Å². The summed E-state index contributed by atoms with van der Waals surface area (Å²) in [6, 6.07) is 3.06. The molecule has 0 spiro atoms. The molecule has 0 aromatic heterocycles. The van der Waals surface area contributed by atoms with Crippen LogP contribution in [-0.2, 0) is 24.3 Å². The number of nitrogens with one attached hydrogen (secondary N) is 2. The van der Waals surface area contributed by atoms with Crippen LogP contribution in [0.1, 0.15) is 44.1 Å². The maximum Gasteiger partial charge on any atom is 0.330 e. The van der Waals surface area contributed by atoms with Gasteiger partial charge >= 0.3 is 5.97 Å². The van der Waals surface area contributed by atoms with Crippen LogP contribution in [0.3, 0.4) is 0 Å². The van der Waals surface area contributed by atoms with Gasteiger partial charge in [0.15, 0.2) is 11.5 Å². The van der Waals surface area contributed by atoms with E-state index in [2.05, 4.69) is 14.8 Å². The number of rotatable bonds is 10. The number of sulfonamides is 1. The molecular weight excluding hydrogens is 424 g/mol. The lowest BCUT2D eigenvalue weighted by Crippen LogP contribution is -2.38. The molecule has 2 rings (SSSR count). The Bertz CT molecular complexity index is 907. The Labute approximate surface area is 183 Å². The van der Waals surface area contributed by atoms with Gasteiger partial charge in [0.05, 0.1) is 21.3 Å². The normalized spacial score (nSPS) is 14.9. The van der Waals surface area contributed by atoms with E-state index < -0.39 is 16.0 Å². The molecule has 0 bridgehead atoms. The van der Waals surface area contributed by atoms with Gasteiger partial charge in [0.1, 0.15) is 4.90 Å². The molecule has 1 fully saturated rings. The van der Waals surface area contributed by atoms with Crippen LogP contribution in [-0.4, -0.2) is 54.2 Å². The number of ether oxygens (including phenoxy) is 3. The van der Waals surface area contributed by atoms with Gasteiger partial charge in [-0.3, -0.25) is 4.79 Å². The van der Waals surface area contributed by atoms with Gasteiger partial charge in [-0.15, -0.1) is 0 Å². The third kappa shape index (κ3) is 7.25. The molecule has 31 heavy (non-hydrogen) atoms. The Morgan fingerprint density at radius 1 is 1.10 bits per heavy atom. The lowest BCUT2D eigenvalue weighted by molar-refractivity contribution is -0.134. The molecule has 1 aromatic carbocycles. The minimum absolute atomic E-state index is 0.0249. The zero-order valence-electron chi connectivity index (χ0n) is 18.1. The van der Waals surface area contributed by atoms with Crippen molar-refractivity contribution < 1.29 is 32.2 Å². The van der Waals surface area contributed by atoms with Crippen molar-refractivity contribution in [3.8, 4) is 11.5 Å². The third-order valence-electron chi connectivity index (χ3n) is 4.98. The van der Waals surface area contributed by atoms with Crippen molar-refractivity contribution in [1.29, 1.82) is 0 Å². The number of hydrogen-bond acceptors (Lipinski definition) is 7. The number of amides is 1. The van der Waals surface area contributed by atoms with Crippen molar-refractivity contribution in [1.82, 2.24) is 10.0 Å². The molecule has 0 atom stereocenters. The fourth-order valence-electron chi connectivity index (χ4n) is 3.40. The summed E-state index contributed by atoms with van der Waals surface area (Å²) in [4.78, 5) is 23.3. The van der Waals surface area contributed by atoms with E-state index in [-0.39, 0.29) is 41.3 Å². The van der Waals surface area contributed by atoms with Crippen molar-refractivity contribution in [3.63, 3.8) is 0 Å². The molecule has 0 radical (unpaired) electrons. The van der Waals surface area contributed by atoms with E-state index in [9.17, 15) is 18.0 Å². The summed E-state index contributed by atoms with van der Waals surface area (Å²) in [6.45, 7) is -0.0609. The Kier molecular flexibility index (Phi) is 9.32. The van der Waals surface area contributed by atoms with Gasteiger partial charge in [-0.1, -0.05) is 19.3 Å². The standard InChI is InChI=1S/C21H30N2O7S/c1-28-17-13-15(9-10-20(25)29-2)14-18(21(17)30-3)31(26,27)22-12-11-19(24)23-16-7-5-4-6-8-16/h9-10,13-14,16,22H,4-8,11-12H2,1-3H3,(H,23,24)/b10-9+. The molecule has 1 aliphatic rings. The lowest BCUT2D eigenvalue weighted by Gasteiger charge is -2.22. The highest BCUT2D eigenvalue weighted by atomic mass is 32.2. The molecule has 10 heteroatoms. The van der Waals surface area contributed by atoms with Gasteiger partial charge in [-0.25, -0.2) is 17.9 Å². The Morgan fingerprint density at radius 3 is 2.42 bits per heavy atom. The van der Waals surface area contributed by atoms with Crippen LogP contribution in [0.25, 0.3) is 6.08 Å². The molecule has 2 N–H and O–H groups in total. The van der Waals surface area contributed by atoms with Crippen LogP contribution in [0.5, 0.6) is 11.5 Å². The van der Waals surface area contributed by atoms with E-state index in [0.717, 1.165) is 25.7 Å². The summed E-state index contributed by atoms with van der Waals surface area (Å²) in [6.07, 6.45) is 7.90. The lowest BCUT2D eigenvalue weighted by atomic mass is 9.95. The maximum atomic E-state index is 12.9. The topological polar surface area (TPSA) is 120 Å². The number of carbonyl (C=O) groups excluding carboxylic acids is 2. The van der Waals surface area contributed by atoms with Crippen molar-refractivity contribution in [2.45, 2.75) is 49.5 Å². The summed E-state index contributed by atoms with van der Waals surface area (Å²) >= 11 is 0. The van der Waals surface area contributed by atoms with E-state index in [1.807, 2.05) is 0 Å². The van der Waals surface area contributed by atoms with Gasteiger partial charge in [-0.05, 0) is 36.6 Å². The summed E-state index contributed by atoms with van der Waals surface area (Å²) in [5, 5.41) is 2.96. The highest BCUT2D eigenvalue weighted by Gasteiger charge is 2.24. The summed E-state index contributed by atoms with van der Waals surface area (Å²) < 4.78 is 43.3. The van der Waals surface area contributed by atoms with E-state index >= 15 is 0 Å². The monoisotopic (exact) mass is 454 g/mol. The van der Waals surface area contributed by atoms with Crippen LogP contribution in [0.15, 0.2) is 23.1 Å². The first-order valence-corrected chi connectivity index (χ1v) is 11.6. The van der Waals surface area contributed by atoms with Crippen LogP contribution in [0.4, 0.5) is 0 Å². The molecule has 172 valence electrons. The zero-order valence-corrected chi connectivity index (χ0v) is 18.9. The van der Waals surface area contributed by atoms with E-state index in [0.29, 0.717) is 5.56 Å². The quantitative estimate of drug-likeness (QED) is 0.410. The fourth-order valence-corrected chi connectivity index (χ4v) is 4.65. The molecule has 9 nitrogen and oxygen atoms in total. The fraction of sp³-hybridized carbons (Fsp3) is 0.524. The van der Waals surface area contributed by atoms with Gasteiger partial charge in [-0.2, -0.15) is 0 Å². The Balaban J connectivity index is 2.12. The number of carbonyl (C=O) groups is 2. The number of methoxy groups -OCH3 is 3. The summed E-state index contributed by atoms with van der Waals surface area (Å²) in [5.74, 6) is -0.558. The second-order valence-electron chi connectivity index (χ2n) is 7.16. The zero-order chi connectivity index (χ0) is 22.9. The van der Waals surface area contributed by atoms with Crippen LogP contribution in [0.2, 0.25) is 0 Å². The first kappa shape index (κ1) is 24.7. The first-order valence-electron chi connectivity index (χ1n) is 10.1. The number of benzene rings is 1. The van der Waals surface area contributed by atoms with Crippen molar-refractivity contribution >= 4 is 28.0 Å². The van der Waals surface area contributed by atoms with Gasteiger partial charge in [0.2, 0.25) is 15.9 Å². The largest absolute Gasteiger partial charge is 0.493 e. The minimum atomic E-state index is -4.02. The average Bonchev–Trinajstić information content (AvgIpc) is 2.77. The van der Waals surface area contributed by atoms with E-state index in [1.54, 1.807) is 0 Å². The highest BCUT2D eigenvalue weighted by Crippen LogP contribution is 2.36. The molecule has 0 aliphatic heterocycles. The van der Waals surface area contributed by atoms with E-state index in [4.69, 9.17) is 9.47 Å². The smallest absolute Gasteiger partial charge is 0.330 e. The third-order valence-corrected chi connectivity index (χ3v) is 6.45. The second kappa shape index (κ2) is 11.7. The van der Waals surface area contributed by atoms with Crippen LogP contribution >= 0.6 is 0 Å². The molecular formula is C21H30N2O7S. The molecule has 0 unspecified atom stereocenters. The SMILES string of the molecule is COC(=O)/C=C/c1cc(OC)c(OC)c(S(=O)(=O)NCCC(=O)NC2CCCCC2)c1. The predicted octanol–water partition coefficient (Wildman–Crippen LogP) is 2.01. The predicted molar refractivity (Wildman–Crippen MR) is 115 cm³/mol. The molecule has 1 aromatic rings.